The van der Waals surface area contributed by atoms with E-state index in [2.05, 4.69) is 37.9 Å². The van der Waals surface area contributed by atoms with Gasteiger partial charge in [0.15, 0.2) is 0 Å². The molecule has 6 nitrogen and oxygen atoms in total. The minimum atomic E-state index is -0.0336. The molecular weight excluding hydrogens is 314 g/mol. The molecule has 25 heavy (non-hydrogen) atoms. The van der Waals surface area contributed by atoms with Crippen LogP contribution in [0.4, 0.5) is 5.95 Å². The van der Waals surface area contributed by atoms with Gasteiger partial charge in [0.25, 0.3) is 0 Å². The summed E-state index contributed by atoms with van der Waals surface area (Å²) in [5, 5.41) is 0. The zero-order valence-electron chi connectivity index (χ0n) is 14.7. The minimum Gasteiger partial charge on any atom is -0.371 e. The smallest absolute Gasteiger partial charge is 0.225 e. The summed E-state index contributed by atoms with van der Waals surface area (Å²) >= 11 is 0. The van der Waals surface area contributed by atoms with E-state index in [1.54, 1.807) is 12.4 Å². The fraction of sp³-hybridized carbons (Fsp3) is 0.526. The molecular formula is C19H25N5O. The Hall–Kier alpha value is -2.05. The molecule has 0 unspecified atom stereocenters. The number of likely N-dealkylation sites (tertiary alicyclic amines) is 1. The van der Waals surface area contributed by atoms with Crippen molar-refractivity contribution < 1.29 is 4.74 Å². The molecule has 6 heteroatoms. The van der Waals surface area contributed by atoms with Crippen molar-refractivity contribution in [2.75, 3.05) is 31.6 Å². The predicted molar refractivity (Wildman–Crippen MR) is 96.3 cm³/mol. The lowest BCUT2D eigenvalue weighted by Gasteiger charge is -2.40. The third-order valence-electron chi connectivity index (χ3n) is 5.35. The first-order valence-electron chi connectivity index (χ1n) is 8.99. The molecule has 2 aliphatic rings. The zero-order chi connectivity index (χ0) is 17.1. The quantitative estimate of drug-likeness (QED) is 0.851. The second-order valence-corrected chi connectivity index (χ2v) is 7.19. The molecule has 0 radical (unpaired) electrons. The third kappa shape index (κ3) is 3.65. The van der Waals surface area contributed by atoms with E-state index in [4.69, 9.17) is 4.74 Å². The highest BCUT2D eigenvalue weighted by Crippen LogP contribution is 2.37. The summed E-state index contributed by atoms with van der Waals surface area (Å²) in [6, 6.07) is 6.33. The third-order valence-corrected chi connectivity index (χ3v) is 5.35. The maximum Gasteiger partial charge on any atom is 0.225 e. The second-order valence-electron chi connectivity index (χ2n) is 7.19. The van der Waals surface area contributed by atoms with Crippen LogP contribution < -0.4 is 4.90 Å². The Morgan fingerprint density at radius 2 is 2.16 bits per heavy atom. The first-order chi connectivity index (χ1) is 12.2. The molecule has 4 rings (SSSR count). The first kappa shape index (κ1) is 16.4. The number of likely N-dealkylation sites (N-methyl/N-ethyl adjacent to an activating group) is 1. The fourth-order valence-electron chi connectivity index (χ4n) is 4.07. The van der Waals surface area contributed by atoms with Gasteiger partial charge in [-0.05, 0) is 37.1 Å². The molecule has 2 atom stereocenters. The molecule has 132 valence electrons. The van der Waals surface area contributed by atoms with Crippen LogP contribution in [0.1, 0.15) is 24.8 Å². The van der Waals surface area contributed by atoms with E-state index in [9.17, 15) is 0 Å². The van der Waals surface area contributed by atoms with E-state index in [1.807, 2.05) is 24.5 Å². The molecule has 2 aliphatic heterocycles. The largest absolute Gasteiger partial charge is 0.371 e. The lowest BCUT2D eigenvalue weighted by atomic mass is 9.88. The van der Waals surface area contributed by atoms with E-state index in [0.717, 1.165) is 45.0 Å². The molecule has 0 amide bonds. The van der Waals surface area contributed by atoms with Gasteiger partial charge < -0.3 is 9.64 Å². The Kier molecular flexibility index (Phi) is 4.63. The molecule has 0 aliphatic carbocycles. The molecule has 2 fully saturated rings. The molecule has 0 saturated carbocycles. The van der Waals surface area contributed by atoms with Crippen LogP contribution in [-0.2, 0) is 11.3 Å². The number of piperidine rings is 1. The highest BCUT2D eigenvalue weighted by atomic mass is 16.5. The number of hydrogen-bond donors (Lipinski definition) is 0. The van der Waals surface area contributed by atoms with Gasteiger partial charge in [-0.15, -0.1) is 0 Å². The average Bonchev–Trinajstić information content (AvgIpc) is 3.06. The van der Waals surface area contributed by atoms with Crippen molar-refractivity contribution in [2.24, 2.45) is 0 Å². The summed E-state index contributed by atoms with van der Waals surface area (Å²) in [6.07, 6.45) is 10.7. The maximum atomic E-state index is 6.35. The maximum absolute atomic E-state index is 6.35. The van der Waals surface area contributed by atoms with E-state index in [-0.39, 0.29) is 5.60 Å². The molecule has 0 N–H and O–H groups in total. The van der Waals surface area contributed by atoms with Crippen molar-refractivity contribution in [3.05, 3.63) is 48.5 Å². The van der Waals surface area contributed by atoms with E-state index >= 15 is 0 Å². The van der Waals surface area contributed by atoms with Crippen LogP contribution in [0.5, 0.6) is 0 Å². The Bertz CT molecular complexity index is 683. The monoisotopic (exact) mass is 339 g/mol. The minimum absolute atomic E-state index is 0.0336. The van der Waals surface area contributed by atoms with Gasteiger partial charge in [0.05, 0.1) is 18.2 Å². The van der Waals surface area contributed by atoms with Crippen molar-refractivity contribution in [3.63, 3.8) is 0 Å². The van der Waals surface area contributed by atoms with Crippen molar-refractivity contribution in [1.29, 1.82) is 0 Å². The standard InChI is InChI=1S/C19H25N5O/c1-23(18-21-8-4-9-22-18)17-11-19(25-14-17)6-3-10-24(15-19)13-16-5-2-7-20-12-16/h2,4-5,7-9,12,17H,3,6,10-11,13-15H2,1H3/t17-,19-/m1/s1. The zero-order valence-corrected chi connectivity index (χ0v) is 14.7. The van der Waals surface area contributed by atoms with Gasteiger partial charge in [0.2, 0.25) is 5.95 Å². The summed E-state index contributed by atoms with van der Waals surface area (Å²) in [5.74, 6) is 0.774. The Balaban J connectivity index is 1.40. The Labute approximate surface area is 148 Å². The van der Waals surface area contributed by atoms with Crippen molar-refractivity contribution in [2.45, 2.75) is 37.5 Å². The van der Waals surface area contributed by atoms with Gasteiger partial charge in [0.1, 0.15) is 0 Å². The summed E-state index contributed by atoms with van der Waals surface area (Å²) in [4.78, 5) is 17.6. The predicted octanol–water partition coefficient (Wildman–Crippen LogP) is 2.13. The first-order valence-corrected chi connectivity index (χ1v) is 8.99. The summed E-state index contributed by atoms with van der Waals surface area (Å²) in [6.45, 7) is 3.81. The Morgan fingerprint density at radius 1 is 1.28 bits per heavy atom. The summed E-state index contributed by atoms with van der Waals surface area (Å²) < 4.78 is 6.35. The number of aromatic nitrogens is 3. The van der Waals surface area contributed by atoms with Gasteiger partial charge in [-0.1, -0.05) is 6.07 Å². The second kappa shape index (κ2) is 7.06. The van der Waals surface area contributed by atoms with Gasteiger partial charge in [-0.25, -0.2) is 9.97 Å². The number of ether oxygens (including phenoxy) is 1. The number of nitrogens with zero attached hydrogens (tertiary/aromatic N) is 5. The van der Waals surface area contributed by atoms with Gasteiger partial charge in [0, 0.05) is 51.3 Å². The van der Waals surface area contributed by atoms with Crippen LogP contribution >= 0.6 is 0 Å². The van der Waals surface area contributed by atoms with Gasteiger partial charge in [-0.3, -0.25) is 9.88 Å². The van der Waals surface area contributed by atoms with Crippen molar-refractivity contribution in [3.8, 4) is 0 Å². The van der Waals surface area contributed by atoms with E-state index in [1.165, 1.54) is 12.0 Å². The molecule has 0 aromatic carbocycles. The molecule has 0 bridgehead atoms. The highest BCUT2D eigenvalue weighted by molar-refractivity contribution is 5.30. The number of hydrogen-bond acceptors (Lipinski definition) is 6. The molecule has 2 aromatic rings. The number of anilines is 1. The Morgan fingerprint density at radius 3 is 2.96 bits per heavy atom. The topological polar surface area (TPSA) is 54.4 Å². The highest BCUT2D eigenvalue weighted by Gasteiger charge is 2.44. The fourth-order valence-corrected chi connectivity index (χ4v) is 4.07. The van der Waals surface area contributed by atoms with Crippen LogP contribution in [0.15, 0.2) is 43.0 Å². The van der Waals surface area contributed by atoms with Crippen molar-refractivity contribution in [1.82, 2.24) is 19.9 Å². The van der Waals surface area contributed by atoms with Crippen LogP contribution in [0.25, 0.3) is 0 Å². The van der Waals surface area contributed by atoms with Crippen LogP contribution in [0.2, 0.25) is 0 Å². The van der Waals surface area contributed by atoms with Gasteiger partial charge in [-0.2, -0.15) is 0 Å². The van der Waals surface area contributed by atoms with Crippen LogP contribution in [-0.4, -0.2) is 58.2 Å². The van der Waals surface area contributed by atoms with Crippen LogP contribution in [0, 0.1) is 0 Å². The van der Waals surface area contributed by atoms with E-state index < -0.39 is 0 Å². The SMILES string of the molecule is CN(c1ncccn1)[C@H]1CO[C@]2(CCCN(Cc3cccnc3)C2)C1. The van der Waals surface area contributed by atoms with Crippen molar-refractivity contribution >= 4 is 5.95 Å². The normalized spacial score (nSPS) is 26.8. The molecule has 4 heterocycles. The molecule has 2 saturated heterocycles. The number of rotatable bonds is 4. The molecule has 1 spiro atoms. The average molecular weight is 339 g/mol. The van der Waals surface area contributed by atoms with Gasteiger partial charge >= 0.3 is 0 Å². The van der Waals surface area contributed by atoms with Crippen LogP contribution in [0.3, 0.4) is 0 Å². The number of pyridine rings is 1. The molecule has 2 aromatic heterocycles. The summed E-state index contributed by atoms with van der Waals surface area (Å²) in [5.41, 5.74) is 1.23. The van der Waals surface area contributed by atoms with E-state index in [0.29, 0.717) is 6.04 Å². The lowest BCUT2D eigenvalue weighted by molar-refractivity contribution is -0.0533. The summed E-state index contributed by atoms with van der Waals surface area (Å²) in [7, 11) is 2.07. The lowest BCUT2D eigenvalue weighted by Crippen LogP contribution is -2.48.